The third kappa shape index (κ3) is 8.33. The molecule has 0 spiro atoms. The zero-order chi connectivity index (χ0) is 31.5. The van der Waals surface area contributed by atoms with E-state index in [1.165, 1.54) is 10.8 Å². The Balaban J connectivity index is 1.68. The summed E-state index contributed by atoms with van der Waals surface area (Å²) in [5, 5.41) is 25.9. The van der Waals surface area contributed by atoms with E-state index in [4.69, 9.17) is 24.0 Å². The van der Waals surface area contributed by atoms with Crippen LogP contribution in [0.5, 0.6) is 0 Å². The Labute approximate surface area is 254 Å². The number of thioether (sulfide) groups is 2. The third-order valence-corrected chi connectivity index (χ3v) is 10.4. The molecule has 0 aromatic carbocycles. The number of carbonyl (C=O) groups excluding carboxylic acids is 2. The van der Waals surface area contributed by atoms with Crippen LogP contribution in [0.25, 0.3) is 5.52 Å². The maximum atomic E-state index is 13.6. The number of fused-ring (bicyclic) bond motifs is 1. The fraction of sp³-hybridized carbons (Fsp3) is 0.692. The zero-order valence-electron chi connectivity index (χ0n) is 24.9. The van der Waals surface area contributed by atoms with Gasteiger partial charge >= 0.3 is 7.82 Å². The lowest BCUT2D eigenvalue weighted by atomic mass is 9.93. The number of phosphoric ester groups is 1. The normalized spacial score (nSPS) is 23.5. The number of hydrogen-bond acceptors (Lipinski definition) is 14. The second kappa shape index (κ2) is 13.6. The van der Waals surface area contributed by atoms with Crippen LogP contribution in [0.15, 0.2) is 18.5 Å². The minimum atomic E-state index is -4.23. The van der Waals surface area contributed by atoms with Gasteiger partial charge in [0.1, 0.15) is 35.8 Å². The number of hydrogen-bond donors (Lipinski definition) is 3. The van der Waals surface area contributed by atoms with Gasteiger partial charge in [0.2, 0.25) is 0 Å². The Morgan fingerprint density at radius 3 is 2.12 bits per heavy atom. The van der Waals surface area contributed by atoms with E-state index in [-0.39, 0.29) is 40.8 Å². The first-order valence-corrected chi connectivity index (χ1v) is 16.8. The SMILES string of the molecule is CC(C)(C)C(=O)SCCOP(=O)(OCCSC(=O)C(C)(C)C)OC[C@H]1O[C@@](C)(c2ccc3c(N)ncnn23)[C@H](O)[C@@H]1O. The monoisotopic (exact) mass is 648 g/mol. The van der Waals surface area contributed by atoms with Gasteiger partial charge in [0, 0.05) is 22.3 Å². The van der Waals surface area contributed by atoms with E-state index >= 15 is 0 Å². The second-order valence-electron chi connectivity index (χ2n) is 12.0. The minimum absolute atomic E-state index is 0.0551. The predicted molar refractivity (Wildman–Crippen MR) is 161 cm³/mol. The van der Waals surface area contributed by atoms with Crippen LogP contribution in [-0.4, -0.2) is 84.7 Å². The number of aliphatic hydroxyl groups is 2. The van der Waals surface area contributed by atoms with Crippen molar-refractivity contribution in [3.05, 3.63) is 24.2 Å². The molecule has 1 aliphatic heterocycles. The first-order valence-electron chi connectivity index (χ1n) is 13.4. The van der Waals surface area contributed by atoms with Crippen LogP contribution < -0.4 is 5.73 Å². The largest absolute Gasteiger partial charge is 0.474 e. The van der Waals surface area contributed by atoms with E-state index in [0.29, 0.717) is 11.2 Å². The van der Waals surface area contributed by atoms with Crippen LogP contribution in [0.4, 0.5) is 5.82 Å². The average Bonchev–Trinajstić information content (AvgIpc) is 3.43. The number of carbonyl (C=O) groups is 2. The lowest BCUT2D eigenvalue weighted by Gasteiger charge is -2.27. The summed E-state index contributed by atoms with van der Waals surface area (Å²) in [6.07, 6.45) is -2.68. The number of nitrogen functional groups attached to an aromatic ring is 1. The first kappa shape index (κ1) is 34.9. The Kier molecular flexibility index (Phi) is 11.3. The molecule has 4 atom stereocenters. The smallest absolute Gasteiger partial charge is 0.387 e. The van der Waals surface area contributed by atoms with Crippen molar-refractivity contribution in [1.29, 1.82) is 0 Å². The molecule has 0 saturated carbocycles. The molecule has 16 heteroatoms. The van der Waals surface area contributed by atoms with Crippen LogP contribution in [0.2, 0.25) is 0 Å². The van der Waals surface area contributed by atoms with Crippen LogP contribution in [-0.2, 0) is 38.1 Å². The van der Waals surface area contributed by atoms with Gasteiger partial charge in [0.25, 0.3) is 0 Å². The molecule has 236 valence electrons. The Hall–Kier alpha value is -1.55. The van der Waals surface area contributed by atoms with E-state index in [1.807, 2.05) is 0 Å². The van der Waals surface area contributed by atoms with Gasteiger partial charge in [-0.05, 0) is 19.1 Å². The van der Waals surface area contributed by atoms with Gasteiger partial charge in [-0.1, -0.05) is 65.1 Å². The van der Waals surface area contributed by atoms with E-state index in [1.54, 1.807) is 60.6 Å². The highest BCUT2D eigenvalue weighted by atomic mass is 32.2. The lowest BCUT2D eigenvalue weighted by molar-refractivity contribution is -0.118. The quantitative estimate of drug-likeness (QED) is 0.225. The number of nitrogens with zero attached hydrogens (tertiary/aromatic N) is 3. The van der Waals surface area contributed by atoms with E-state index < -0.39 is 49.2 Å². The van der Waals surface area contributed by atoms with E-state index in [0.717, 1.165) is 23.5 Å². The molecule has 13 nitrogen and oxygen atoms in total. The van der Waals surface area contributed by atoms with Gasteiger partial charge in [-0.25, -0.2) is 14.1 Å². The van der Waals surface area contributed by atoms with E-state index in [2.05, 4.69) is 10.1 Å². The summed E-state index contributed by atoms with van der Waals surface area (Å²) in [4.78, 5) is 28.4. The van der Waals surface area contributed by atoms with Crippen molar-refractivity contribution in [3.8, 4) is 0 Å². The molecule has 3 heterocycles. The van der Waals surface area contributed by atoms with Crippen molar-refractivity contribution < 1.29 is 42.7 Å². The van der Waals surface area contributed by atoms with Crippen molar-refractivity contribution in [2.45, 2.75) is 72.4 Å². The van der Waals surface area contributed by atoms with Crippen LogP contribution in [0.1, 0.15) is 54.2 Å². The van der Waals surface area contributed by atoms with Gasteiger partial charge < -0.3 is 20.7 Å². The van der Waals surface area contributed by atoms with Crippen molar-refractivity contribution >= 4 is 52.9 Å². The van der Waals surface area contributed by atoms with Gasteiger partial charge in [-0.3, -0.25) is 23.2 Å². The summed E-state index contributed by atoms with van der Waals surface area (Å²) in [6, 6.07) is 3.33. The van der Waals surface area contributed by atoms with Gasteiger partial charge in [-0.15, -0.1) is 0 Å². The molecule has 0 amide bonds. The molecule has 0 aliphatic carbocycles. The maximum Gasteiger partial charge on any atom is 0.474 e. The molecule has 0 unspecified atom stereocenters. The van der Waals surface area contributed by atoms with Crippen molar-refractivity contribution in [3.63, 3.8) is 0 Å². The maximum absolute atomic E-state index is 13.6. The topological polar surface area (TPSA) is 185 Å². The van der Waals surface area contributed by atoms with Crippen molar-refractivity contribution in [1.82, 2.24) is 14.6 Å². The average molecular weight is 649 g/mol. The highest BCUT2D eigenvalue weighted by molar-refractivity contribution is 8.14. The highest BCUT2D eigenvalue weighted by Crippen LogP contribution is 2.51. The molecular formula is C26H41N4O9PS2. The lowest BCUT2D eigenvalue weighted by Crippen LogP contribution is -2.39. The van der Waals surface area contributed by atoms with Crippen LogP contribution >= 0.6 is 31.3 Å². The molecule has 0 radical (unpaired) electrons. The Morgan fingerprint density at radius 2 is 1.60 bits per heavy atom. The summed E-state index contributed by atoms with van der Waals surface area (Å²) in [5.41, 5.74) is 4.31. The molecule has 4 N–H and O–H groups in total. The molecule has 1 aliphatic rings. The van der Waals surface area contributed by atoms with Crippen molar-refractivity contribution in [2.24, 2.45) is 10.8 Å². The molecule has 2 aromatic rings. The third-order valence-electron chi connectivity index (χ3n) is 6.41. The van der Waals surface area contributed by atoms with Gasteiger partial charge in [0.15, 0.2) is 16.0 Å². The molecule has 42 heavy (non-hydrogen) atoms. The van der Waals surface area contributed by atoms with Gasteiger partial charge in [-0.2, -0.15) is 5.10 Å². The molecular weight excluding hydrogens is 607 g/mol. The van der Waals surface area contributed by atoms with Crippen LogP contribution in [0, 0.1) is 10.8 Å². The molecule has 2 aromatic heterocycles. The molecule has 3 rings (SSSR count). The number of aromatic nitrogens is 3. The summed E-state index contributed by atoms with van der Waals surface area (Å²) >= 11 is 2.08. The minimum Gasteiger partial charge on any atom is -0.387 e. The summed E-state index contributed by atoms with van der Waals surface area (Å²) < 4.78 is 37.7. The zero-order valence-corrected chi connectivity index (χ0v) is 27.5. The van der Waals surface area contributed by atoms with Gasteiger partial charge in [0.05, 0.1) is 25.5 Å². The first-order chi connectivity index (χ1) is 19.4. The number of ether oxygens (including phenoxy) is 1. The highest BCUT2D eigenvalue weighted by Gasteiger charge is 2.54. The number of anilines is 1. The number of aliphatic hydroxyl groups excluding tert-OH is 2. The molecule has 1 saturated heterocycles. The van der Waals surface area contributed by atoms with E-state index in [9.17, 15) is 24.4 Å². The molecule has 1 fully saturated rings. The summed E-state index contributed by atoms with van der Waals surface area (Å²) in [5.74, 6) is 0.637. The van der Waals surface area contributed by atoms with Crippen molar-refractivity contribution in [2.75, 3.05) is 37.1 Å². The molecule has 0 bridgehead atoms. The van der Waals surface area contributed by atoms with Crippen LogP contribution in [0.3, 0.4) is 0 Å². The standard InChI is InChI=1S/C26H41N4O9PS2/c1-24(2,3)22(33)41-12-10-36-40(35,37-11-13-42-23(34)25(4,5)6)38-14-17-19(31)20(32)26(7,39-17)18-9-8-16-21(27)28-15-29-30(16)18/h8-9,15,17,19-20,31-32H,10-14H2,1-7H3,(H2,27,28,29)/t17-,19-,20-,26+/m1/s1. The fourth-order valence-corrected chi connectivity index (χ4v) is 6.93. The second-order valence-corrected chi connectivity index (χ2v) is 15.8. The number of nitrogens with two attached hydrogens (primary N) is 1. The predicted octanol–water partition coefficient (Wildman–Crippen LogP) is 3.42. The summed E-state index contributed by atoms with van der Waals surface area (Å²) in [7, 11) is -4.23. The number of phosphoric acid groups is 1. The summed E-state index contributed by atoms with van der Waals surface area (Å²) in [6.45, 7) is 11.7. The fourth-order valence-electron chi connectivity index (χ4n) is 3.93. The number of rotatable bonds is 12. The Bertz CT molecular complexity index is 1270. The Morgan fingerprint density at radius 1 is 1.05 bits per heavy atom.